The molecule has 3 aromatic heterocycles. The smallest absolute Gasteiger partial charge is 0.170 e. The molecule has 0 amide bonds. The van der Waals surface area contributed by atoms with Gasteiger partial charge < -0.3 is 0 Å². The lowest BCUT2D eigenvalue weighted by Crippen LogP contribution is -2.29. The Morgan fingerprint density at radius 3 is 3.00 bits per heavy atom. The van der Waals surface area contributed by atoms with Crippen LogP contribution in [0.2, 0.25) is 0 Å². The van der Waals surface area contributed by atoms with Gasteiger partial charge in [-0.25, -0.2) is 14.5 Å². The SMILES string of the molecule is c1n[nH]c2ncn3nc(CN4CCCCC4)nc3c12. The second kappa shape index (κ2) is 4.27. The molecular weight excluding hydrogens is 242 g/mol. The normalized spacial score (nSPS) is 17.5. The van der Waals surface area contributed by atoms with Crippen LogP contribution < -0.4 is 0 Å². The predicted molar refractivity (Wildman–Crippen MR) is 69.6 cm³/mol. The van der Waals surface area contributed by atoms with Crippen LogP contribution in [0, 0.1) is 0 Å². The maximum atomic E-state index is 4.62. The Kier molecular flexibility index (Phi) is 2.44. The van der Waals surface area contributed by atoms with Crippen molar-refractivity contribution in [1.29, 1.82) is 0 Å². The minimum atomic E-state index is 0.754. The standard InChI is InChI=1S/C12H15N7/c1-2-4-18(5-3-1)7-10-15-12-9-6-14-16-11(9)13-8-19(12)17-10/h6,8H,1-5,7H2,(H,14,16). The van der Waals surface area contributed by atoms with Crippen LogP contribution in [-0.4, -0.2) is 47.8 Å². The number of piperidine rings is 1. The predicted octanol–water partition coefficient (Wildman–Crippen LogP) is 0.986. The number of hydrogen-bond acceptors (Lipinski definition) is 5. The highest BCUT2D eigenvalue weighted by atomic mass is 15.3. The van der Waals surface area contributed by atoms with E-state index in [2.05, 4.69) is 30.2 Å². The molecule has 7 nitrogen and oxygen atoms in total. The van der Waals surface area contributed by atoms with Crippen LogP contribution in [0.5, 0.6) is 0 Å². The third-order valence-corrected chi connectivity index (χ3v) is 3.65. The number of likely N-dealkylation sites (tertiary alicyclic amines) is 1. The molecule has 1 fully saturated rings. The Balaban J connectivity index is 1.70. The zero-order valence-electron chi connectivity index (χ0n) is 10.6. The Morgan fingerprint density at radius 1 is 1.21 bits per heavy atom. The lowest BCUT2D eigenvalue weighted by atomic mass is 10.1. The third-order valence-electron chi connectivity index (χ3n) is 3.65. The Hall–Kier alpha value is -2.02. The van der Waals surface area contributed by atoms with Crippen LogP contribution in [-0.2, 0) is 6.54 Å². The van der Waals surface area contributed by atoms with Gasteiger partial charge in [-0.3, -0.25) is 10.00 Å². The van der Waals surface area contributed by atoms with Crippen molar-refractivity contribution in [3.63, 3.8) is 0 Å². The second-order valence-electron chi connectivity index (χ2n) is 5.01. The molecule has 0 spiro atoms. The van der Waals surface area contributed by atoms with Gasteiger partial charge in [0, 0.05) is 0 Å². The Labute approximate surface area is 109 Å². The first kappa shape index (κ1) is 10.9. The summed E-state index contributed by atoms with van der Waals surface area (Å²) in [5, 5.41) is 12.3. The molecule has 0 aliphatic carbocycles. The lowest BCUT2D eigenvalue weighted by molar-refractivity contribution is 0.216. The van der Waals surface area contributed by atoms with E-state index in [9.17, 15) is 0 Å². The topological polar surface area (TPSA) is 75.0 Å². The number of rotatable bonds is 2. The van der Waals surface area contributed by atoms with Crippen molar-refractivity contribution in [1.82, 2.24) is 34.7 Å². The molecule has 4 heterocycles. The Bertz CT molecular complexity index is 707. The maximum Gasteiger partial charge on any atom is 0.170 e. The summed E-state index contributed by atoms with van der Waals surface area (Å²) in [5.41, 5.74) is 1.58. The van der Waals surface area contributed by atoms with E-state index in [-0.39, 0.29) is 0 Å². The molecule has 19 heavy (non-hydrogen) atoms. The van der Waals surface area contributed by atoms with Crippen molar-refractivity contribution in [2.24, 2.45) is 0 Å². The molecule has 4 rings (SSSR count). The van der Waals surface area contributed by atoms with Crippen molar-refractivity contribution >= 4 is 16.7 Å². The zero-order valence-corrected chi connectivity index (χ0v) is 10.6. The van der Waals surface area contributed by atoms with E-state index >= 15 is 0 Å². The van der Waals surface area contributed by atoms with Crippen molar-refractivity contribution in [2.75, 3.05) is 13.1 Å². The fraction of sp³-hybridized carbons (Fsp3) is 0.500. The Morgan fingerprint density at radius 2 is 2.11 bits per heavy atom. The van der Waals surface area contributed by atoms with Gasteiger partial charge in [0.2, 0.25) is 0 Å². The first-order chi connectivity index (χ1) is 9.40. The summed E-state index contributed by atoms with van der Waals surface area (Å²) in [4.78, 5) is 11.3. The average molecular weight is 257 g/mol. The number of hydrogen-bond donors (Lipinski definition) is 1. The molecule has 0 radical (unpaired) electrons. The number of H-pyrrole nitrogens is 1. The van der Waals surface area contributed by atoms with Crippen LogP contribution in [0.3, 0.4) is 0 Å². The molecule has 0 atom stereocenters. The summed E-state index contributed by atoms with van der Waals surface area (Å²) in [6.07, 6.45) is 7.33. The number of aromatic nitrogens is 6. The summed E-state index contributed by atoms with van der Waals surface area (Å²) >= 11 is 0. The molecule has 0 bridgehead atoms. The van der Waals surface area contributed by atoms with Crippen molar-refractivity contribution in [3.05, 3.63) is 18.3 Å². The van der Waals surface area contributed by atoms with Gasteiger partial charge in [-0.2, -0.15) is 5.10 Å². The molecule has 0 unspecified atom stereocenters. The summed E-state index contributed by atoms with van der Waals surface area (Å²) in [6, 6.07) is 0. The van der Waals surface area contributed by atoms with Crippen LogP contribution in [0.25, 0.3) is 16.7 Å². The summed E-state index contributed by atoms with van der Waals surface area (Å²) < 4.78 is 1.73. The van der Waals surface area contributed by atoms with Crippen molar-refractivity contribution < 1.29 is 0 Å². The van der Waals surface area contributed by atoms with Gasteiger partial charge in [0.25, 0.3) is 0 Å². The highest BCUT2D eigenvalue weighted by Gasteiger charge is 2.14. The summed E-state index contributed by atoms with van der Waals surface area (Å²) in [5.74, 6) is 0.859. The third kappa shape index (κ3) is 1.86. The molecule has 0 saturated carbocycles. The minimum Gasteiger partial charge on any atom is -0.296 e. The molecule has 1 saturated heterocycles. The lowest BCUT2D eigenvalue weighted by Gasteiger charge is -2.24. The van der Waals surface area contributed by atoms with E-state index in [0.717, 1.165) is 42.1 Å². The molecule has 1 N–H and O–H groups in total. The summed E-state index contributed by atoms with van der Waals surface area (Å²) in [6.45, 7) is 3.12. The van der Waals surface area contributed by atoms with Gasteiger partial charge >= 0.3 is 0 Å². The largest absolute Gasteiger partial charge is 0.296 e. The minimum absolute atomic E-state index is 0.754. The van der Waals surface area contributed by atoms with Gasteiger partial charge in [-0.1, -0.05) is 6.42 Å². The number of aromatic amines is 1. The number of fused-ring (bicyclic) bond motifs is 3. The number of nitrogens with one attached hydrogen (secondary N) is 1. The van der Waals surface area contributed by atoms with Gasteiger partial charge in [0.15, 0.2) is 17.1 Å². The van der Waals surface area contributed by atoms with E-state index in [1.165, 1.54) is 19.3 Å². The molecular formula is C12H15N7. The van der Waals surface area contributed by atoms with Crippen LogP contribution >= 0.6 is 0 Å². The highest BCUT2D eigenvalue weighted by molar-refractivity contribution is 5.87. The molecule has 1 aliphatic heterocycles. The molecule has 3 aromatic rings. The van der Waals surface area contributed by atoms with Crippen molar-refractivity contribution in [2.45, 2.75) is 25.8 Å². The van der Waals surface area contributed by atoms with Gasteiger partial charge in [-0.05, 0) is 25.9 Å². The van der Waals surface area contributed by atoms with Gasteiger partial charge in [0.05, 0.1) is 18.1 Å². The highest BCUT2D eigenvalue weighted by Crippen LogP contribution is 2.15. The fourth-order valence-electron chi connectivity index (χ4n) is 2.67. The van der Waals surface area contributed by atoms with Gasteiger partial charge in [0.1, 0.15) is 6.33 Å². The van der Waals surface area contributed by atoms with Crippen LogP contribution in [0.15, 0.2) is 12.5 Å². The van der Waals surface area contributed by atoms with E-state index in [1.54, 1.807) is 17.0 Å². The number of nitrogens with zero attached hydrogens (tertiary/aromatic N) is 6. The molecule has 98 valence electrons. The second-order valence-corrected chi connectivity index (χ2v) is 5.01. The zero-order chi connectivity index (χ0) is 12.7. The van der Waals surface area contributed by atoms with Crippen molar-refractivity contribution in [3.8, 4) is 0 Å². The maximum absolute atomic E-state index is 4.62. The van der Waals surface area contributed by atoms with Gasteiger partial charge in [-0.15, -0.1) is 5.10 Å². The van der Waals surface area contributed by atoms with E-state index < -0.39 is 0 Å². The van der Waals surface area contributed by atoms with E-state index in [1.807, 2.05) is 0 Å². The quantitative estimate of drug-likeness (QED) is 0.741. The monoisotopic (exact) mass is 257 g/mol. The molecule has 1 aliphatic rings. The first-order valence-corrected chi connectivity index (χ1v) is 6.66. The molecule has 0 aromatic carbocycles. The summed E-state index contributed by atoms with van der Waals surface area (Å²) in [7, 11) is 0. The first-order valence-electron chi connectivity index (χ1n) is 6.66. The van der Waals surface area contributed by atoms with E-state index in [0.29, 0.717) is 0 Å². The van der Waals surface area contributed by atoms with Crippen LogP contribution in [0.4, 0.5) is 0 Å². The van der Waals surface area contributed by atoms with Crippen LogP contribution in [0.1, 0.15) is 25.1 Å². The molecule has 7 heteroatoms. The fourth-order valence-corrected chi connectivity index (χ4v) is 2.67. The van der Waals surface area contributed by atoms with E-state index in [4.69, 9.17) is 0 Å². The average Bonchev–Trinajstić information content (AvgIpc) is 3.04.